The van der Waals surface area contributed by atoms with Crippen molar-refractivity contribution in [3.63, 3.8) is 0 Å². The average molecular weight is 343 g/mol. The van der Waals surface area contributed by atoms with Gasteiger partial charge in [-0.25, -0.2) is 8.42 Å². The number of rotatable bonds is 6. The molecule has 2 rings (SSSR count). The molecule has 1 amide bonds. The van der Waals surface area contributed by atoms with Gasteiger partial charge in [-0.15, -0.1) is 5.10 Å². The first kappa shape index (κ1) is 17.9. The lowest BCUT2D eigenvalue weighted by atomic mass is 10.0. The van der Waals surface area contributed by atoms with Gasteiger partial charge in [0.1, 0.15) is 0 Å². The Balaban J connectivity index is 2.00. The zero-order valence-electron chi connectivity index (χ0n) is 14.0. The number of hydrogen-bond acceptors (Lipinski definition) is 5. The van der Waals surface area contributed by atoms with E-state index in [4.69, 9.17) is 0 Å². The third-order valence-electron chi connectivity index (χ3n) is 4.15. The first-order chi connectivity index (χ1) is 10.8. The van der Waals surface area contributed by atoms with Crippen LogP contribution in [0.5, 0.6) is 0 Å². The van der Waals surface area contributed by atoms with Crippen LogP contribution in [0.4, 0.5) is 0 Å². The second-order valence-corrected chi connectivity index (χ2v) is 8.23. The third-order valence-corrected chi connectivity index (χ3v) is 6.08. The van der Waals surface area contributed by atoms with E-state index in [1.54, 1.807) is 36.2 Å². The lowest BCUT2D eigenvalue weighted by molar-refractivity contribution is 0.0822. The zero-order chi connectivity index (χ0) is 17.0. The SMILES string of the molecule is CCS(=O)(=O)N1CCCCC1CCn1cc(C(=O)N(C)C)nn1. The minimum Gasteiger partial charge on any atom is -0.343 e. The number of amides is 1. The van der Waals surface area contributed by atoms with E-state index < -0.39 is 10.0 Å². The van der Waals surface area contributed by atoms with Crippen LogP contribution in [0.3, 0.4) is 0 Å². The van der Waals surface area contributed by atoms with E-state index in [0.717, 1.165) is 19.3 Å². The van der Waals surface area contributed by atoms with E-state index in [9.17, 15) is 13.2 Å². The predicted molar refractivity (Wildman–Crippen MR) is 86.5 cm³/mol. The quantitative estimate of drug-likeness (QED) is 0.754. The first-order valence-corrected chi connectivity index (χ1v) is 9.57. The number of sulfonamides is 1. The maximum absolute atomic E-state index is 12.2. The molecular formula is C14H25N5O3S. The molecule has 1 fully saturated rings. The van der Waals surface area contributed by atoms with Crippen LogP contribution in [0, 0.1) is 0 Å². The molecule has 0 aromatic carbocycles. The normalized spacial score (nSPS) is 19.7. The first-order valence-electron chi connectivity index (χ1n) is 7.96. The summed E-state index contributed by atoms with van der Waals surface area (Å²) in [6, 6.07) is 0.00546. The van der Waals surface area contributed by atoms with Crippen molar-refractivity contribution in [2.24, 2.45) is 0 Å². The van der Waals surface area contributed by atoms with Crippen LogP contribution < -0.4 is 0 Å². The molecule has 0 aliphatic carbocycles. The van der Waals surface area contributed by atoms with Crippen molar-refractivity contribution < 1.29 is 13.2 Å². The molecule has 1 aromatic rings. The van der Waals surface area contributed by atoms with Crippen LogP contribution in [0.2, 0.25) is 0 Å². The molecule has 1 aliphatic rings. The molecule has 23 heavy (non-hydrogen) atoms. The topological polar surface area (TPSA) is 88.4 Å². The van der Waals surface area contributed by atoms with Gasteiger partial charge in [0.25, 0.3) is 5.91 Å². The summed E-state index contributed by atoms with van der Waals surface area (Å²) >= 11 is 0. The molecule has 0 bridgehead atoms. The van der Waals surface area contributed by atoms with Crippen molar-refractivity contribution in [2.75, 3.05) is 26.4 Å². The van der Waals surface area contributed by atoms with Crippen molar-refractivity contribution >= 4 is 15.9 Å². The van der Waals surface area contributed by atoms with Gasteiger partial charge in [-0.2, -0.15) is 4.31 Å². The molecule has 2 heterocycles. The molecule has 0 radical (unpaired) electrons. The lowest BCUT2D eigenvalue weighted by Crippen LogP contribution is -2.44. The molecule has 0 spiro atoms. The van der Waals surface area contributed by atoms with Gasteiger partial charge in [0.15, 0.2) is 5.69 Å². The highest BCUT2D eigenvalue weighted by Crippen LogP contribution is 2.23. The standard InChI is InChI=1S/C14H25N5O3S/c1-4-23(21,22)19-9-6-5-7-12(19)8-10-18-11-13(15-16-18)14(20)17(2)3/h11-12H,4-10H2,1-3H3. The third kappa shape index (κ3) is 4.29. The lowest BCUT2D eigenvalue weighted by Gasteiger charge is -2.34. The van der Waals surface area contributed by atoms with Gasteiger partial charge in [-0.3, -0.25) is 9.48 Å². The maximum Gasteiger partial charge on any atom is 0.275 e. The number of aromatic nitrogens is 3. The zero-order valence-corrected chi connectivity index (χ0v) is 14.8. The Morgan fingerprint density at radius 2 is 2.13 bits per heavy atom. The summed E-state index contributed by atoms with van der Waals surface area (Å²) in [7, 11) is 0.160. The molecule has 1 aromatic heterocycles. The molecule has 0 N–H and O–H groups in total. The van der Waals surface area contributed by atoms with Crippen molar-refractivity contribution in [3.05, 3.63) is 11.9 Å². The Kier molecular flexibility index (Phi) is 5.74. The summed E-state index contributed by atoms with van der Waals surface area (Å²) < 4.78 is 27.6. The molecule has 9 heteroatoms. The largest absolute Gasteiger partial charge is 0.343 e. The molecule has 1 atom stereocenters. The summed E-state index contributed by atoms with van der Waals surface area (Å²) in [6.07, 6.45) is 5.13. The fourth-order valence-corrected chi connectivity index (χ4v) is 4.21. The summed E-state index contributed by atoms with van der Waals surface area (Å²) in [5, 5.41) is 7.84. The Morgan fingerprint density at radius 3 is 2.78 bits per heavy atom. The summed E-state index contributed by atoms with van der Waals surface area (Å²) in [5.74, 6) is -0.0574. The highest BCUT2D eigenvalue weighted by atomic mass is 32.2. The van der Waals surface area contributed by atoms with E-state index in [2.05, 4.69) is 10.3 Å². The minimum atomic E-state index is -3.17. The average Bonchev–Trinajstić information content (AvgIpc) is 3.01. The fourth-order valence-electron chi connectivity index (χ4n) is 2.81. The second-order valence-electron chi connectivity index (χ2n) is 6.02. The van der Waals surface area contributed by atoms with Crippen LogP contribution in [0.1, 0.15) is 43.1 Å². The van der Waals surface area contributed by atoms with Crippen LogP contribution in [-0.4, -0.2) is 71.0 Å². The fraction of sp³-hybridized carbons (Fsp3) is 0.786. The molecule has 0 saturated carbocycles. The highest BCUT2D eigenvalue weighted by Gasteiger charge is 2.30. The van der Waals surface area contributed by atoms with Crippen molar-refractivity contribution in [1.82, 2.24) is 24.2 Å². The minimum absolute atomic E-state index is 0.00546. The molecule has 1 aliphatic heterocycles. The second kappa shape index (κ2) is 7.39. The Morgan fingerprint density at radius 1 is 1.39 bits per heavy atom. The van der Waals surface area contributed by atoms with E-state index in [0.29, 0.717) is 25.2 Å². The summed E-state index contributed by atoms with van der Waals surface area (Å²) in [5.41, 5.74) is 0.302. The Hall–Kier alpha value is -1.48. The van der Waals surface area contributed by atoms with E-state index in [1.165, 1.54) is 4.90 Å². The maximum atomic E-state index is 12.2. The van der Waals surface area contributed by atoms with Gasteiger partial charge in [-0.1, -0.05) is 11.6 Å². The summed E-state index contributed by atoms with van der Waals surface area (Å²) in [6.45, 7) is 2.83. The molecular weight excluding hydrogens is 318 g/mol. The van der Waals surface area contributed by atoms with Crippen molar-refractivity contribution in [3.8, 4) is 0 Å². The predicted octanol–water partition coefficient (Wildman–Crippen LogP) is 0.574. The highest BCUT2D eigenvalue weighted by molar-refractivity contribution is 7.89. The van der Waals surface area contributed by atoms with E-state index in [-0.39, 0.29) is 17.7 Å². The smallest absolute Gasteiger partial charge is 0.275 e. The number of carbonyl (C=O) groups is 1. The Bertz CT molecular complexity index is 641. The van der Waals surface area contributed by atoms with Gasteiger partial charge in [0, 0.05) is 33.2 Å². The van der Waals surface area contributed by atoms with Gasteiger partial charge in [-0.05, 0) is 26.2 Å². The van der Waals surface area contributed by atoms with Crippen LogP contribution in [0.15, 0.2) is 6.20 Å². The van der Waals surface area contributed by atoms with Crippen molar-refractivity contribution in [2.45, 2.75) is 45.2 Å². The number of carbonyl (C=O) groups excluding carboxylic acids is 1. The van der Waals surface area contributed by atoms with Gasteiger partial charge in [0.05, 0.1) is 11.9 Å². The van der Waals surface area contributed by atoms with Crippen molar-refractivity contribution in [1.29, 1.82) is 0 Å². The number of hydrogen-bond donors (Lipinski definition) is 0. The Labute approximate surface area is 137 Å². The molecule has 130 valence electrons. The number of nitrogens with zero attached hydrogens (tertiary/aromatic N) is 5. The number of piperidine rings is 1. The molecule has 8 nitrogen and oxygen atoms in total. The van der Waals surface area contributed by atoms with Crippen LogP contribution in [0.25, 0.3) is 0 Å². The molecule has 1 saturated heterocycles. The van der Waals surface area contributed by atoms with Gasteiger partial charge >= 0.3 is 0 Å². The monoisotopic (exact) mass is 343 g/mol. The van der Waals surface area contributed by atoms with Gasteiger partial charge < -0.3 is 4.90 Å². The van der Waals surface area contributed by atoms with Crippen LogP contribution >= 0.6 is 0 Å². The van der Waals surface area contributed by atoms with Gasteiger partial charge in [0.2, 0.25) is 10.0 Å². The van der Waals surface area contributed by atoms with E-state index >= 15 is 0 Å². The van der Waals surface area contributed by atoms with E-state index in [1.807, 2.05) is 0 Å². The summed E-state index contributed by atoms with van der Waals surface area (Å²) in [4.78, 5) is 13.3. The molecule has 1 unspecified atom stereocenters. The number of aryl methyl sites for hydroxylation is 1. The van der Waals surface area contributed by atoms with Crippen LogP contribution in [-0.2, 0) is 16.6 Å².